The van der Waals surface area contributed by atoms with Gasteiger partial charge >= 0.3 is 0 Å². The second kappa shape index (κ2) is 7.48. The SMILES string of the molecule is CC(C)(C)c1ccc(CN2CC3CCC(C2)C3NC(=O)c2csc(N)n2)cc1. The quantitative estimate of drug-likeness (QED) is 0.824. The number of carbonyl (C=O) groups is 1. The Hall–Kier alpha value is -1.92. The van der Waals surface area contributed by atoms with Gasteiger partial charge in [-0.1, -0.05) is 45.0 Å². The van der Waals surface area contributed by atoms with E-state index in [1.807, 2.05) is 0 Å². The lowest BCUT2D eigenvalue weighted by molar-refractivity contribution is 0.0821. The molecule has 150 valence electrons. The number of nitrogens with two attached hydrogens (primary N) is 1. The maximum absolute atomic E-state index is 12.5. The number of nitrogens with one attached hydrogen (secondary N) is 1. The van der Waals surface area contributed by atoms with Crippen molar-refractivity contribution in [2.24, 2.45) is 11.8 Å². The van der Waals surface area contributed by atoms with E-state index < -0.39 is 0 Å². The van der Waals surface area contributed by atoms with Crippen molar-refractivity contribution in [2.45, 2.75) is 51.6 Å². The summed E-state index contributed by atoms with van der Waals surface area (Å²) in [6.45, 7) is 9.82. The van der Waals surface area contributed by atoms with Crippen molar-refractivity contribution >= 4 is 22.4 Å². The van der Waals surface area contributed by atoms with E-state index in [9.17, 15) is 4.79 Å². The molecule has 1 aliphatic heterocycles. The number of thiazole rings is 1. The first-order valence-electron chi connectivity index (χ1n) is 10.1. The largest absolute Gasteiger partial charge is 0.375 e. The monoisotopic (exact) mass is 398 g/mol. The minimum atomic E-state index is -0.0823. The highest BCUT2D eigenvalue weighted by molar-refractivity contribution is 7.13. The van der Waals surface area contributed by atoms with Gasteiger partial charge in [-0.05, 0) is 41.2 Å². The first-order chi connectivity index (χ1) is 13.3. The van der Waals surface area contributed by atoms with Crippen molar-refractivity contribution in [3.63, 3.8) is 0 Å². The van der Waals surface area contributed by atoms with E-state index in [0.717, 1.165) is 19.6 Å². The third-order valence-electron chi connectivity index (χ3n) is 6.19. The number of fused-ring (bicyclic) bond motifs is 2. The van der Waals surface area contributed by atoms with E-state index in [1.54, 1.807) is 5.38 Å². The number of amides is 1. The van der Waals surface area contributed by atoms with Gasteiger partial charge in [-0.2, -0.15) is 0 Å². The van der Waals surface area contributed by atoms with Crippen LogP contribution in [0.2, 0.25) is 0 Å². The molecule has 3 N–H and O–H groups in total. The molecule has 2 unspecified atom stereocenters. The number of carbonyl (C=O) groups excluding carboxylic acids is 1. The first kappa shape index (κ1) is 19.4. The third kappa shape index (κ3) is 4.08. The first-order valence-corrected chi connectivity index (χ1v) is 11.0. The van der Waals surface area contributed by atoms with E-state index in [2.05, 4.69) is 60.2 Å². The lowest BCUT2D eigenvalue weighted by Crippen LogP contribution is -2.52. The Kier molecular flexibility index (Phi) is 5.19. The maximum atomic E-state index is 12.5. The summed E-state index contributed by atoms with van der Waals surface area (Å²) in [5.74, 6) is 0.959. The summed E-state index contributed by atoms with van der Waals surface area (Å²) in [7, 11) is 0. The van der Waals surface area contributed by atoms with Crippen LogP contribution >= 0.6 is 11.3 Å². The molecule has 5 nitrogen and oxygen atoms in total. The lowest BCUT2D eigenvalue weighted by Gasteiger charge is -2.38. The summed E-state index contributed by atoms with van der Waals surface area (Å²) in [6.07, 6.45) is 2.38. The Morgan fingerprint density at radius 1 is 1.21 bits per heavy atom. The highest BCUT2D eigenvalue weighted by Gasteiger charge is 2.42. The molecular formula is C22H30N4OS. The number of anilines is 1. The van der Waals surface area contributed by atoms with Gasteiger partial charge in [0.2, 0.25) is 0 Å². The van der Waals surface area contributed by atoms with Crippen LogP contribution in [0.15, 0.2) is 29.6 Å². The van der Waals surface area contributed by atoms with Crippen LogP contribution in [0.3, 0.4) is 0 Å². The van der Waals surface area contributed by atoms with Crippen LogP contribution in [-0.2, 0) is 12.0 Å². The second-order valence-electron chi connectivity index (χ2n) is 9.31. The van der Waals surface area contributed by atoms with Gasteiger partial charge in [-0.15, -0.1) is 11.3 Å². The summed E-state index contributed by atoms with van der Waals surface area (Å²) in [6, 6.07) is 9.31. The number of aromatic nitrogens is 1. The maximum Gasteiger partial charge on any atom is 0.271 e. The molecule has 1 aromatic carbocycles. The Balaban J connectivity index is 1.36. The predicted molar refractivity (Wildman–Crippen MR) is 114 cm³/mol. The van der Waals surface area contributed by atoms with E-state index >= 15 is 0 Å². The molecule has 2 aromatic rings. The molecule has 0 spiro atoms. The highest BCUT2D eigenvalue weighted by atomic mass is 32.1. The van der Waals surface area contributed by atoms with Crippen LogP contribution in [0, 0.1) is 11.8 Å². The zero-order valence-corrected chi connectivity index (χ0v) is 17.8. The molecule has 2 fully saturated rings. The molecule has 28 heavy (non-hydrogen) atoms. The highest BCUT2D eigenvalue weighted by Crippen LogP contribution is 2.37. The molecule has 1 aliphatic carbocycles. The Morgan fingerprint density at radius 3 is 2.39 bits per heavy atom. The fraction of sp³-hybridized carbons (Fsp3) is 0.545. The number of nitrogens with zero attached hydrogens (tertiary/aromatic N) is 2. The number of rotatable bonds is 4. The number of piperidine rings is 1. The third-order valence-corrected chi connectivity index (χ3v) is 6.86. The molecule has 2 heterocycles. The molecule has 0 radical (unpaired) electrons. The molecule has 2 atom stereocenters. The zero-order valence-electron chi connectivity index (χ0n) is 16.9. The fourth-order valence-corrected chi connectivity index (χ4v) is 5.21. The minimum absolute atomic E-state index is 0.0823. The van der Waals surface area contributed by atoms with E-state index in [1.165, 1.54) is 35.3 Å². The number of nitrogen functional groups attached to an aromatic ring is 1. The summed E-state index contributed by atoms with van der Waals surface area (Å²) in [4.78, 5) is 19.2. The minimum Gasteiger partial charge on any atom is -0.375 e. The normalized spacial score (nSPS) is 25.0. The molecule has 2 bridgehead atoms. The van der Waals surface area contributed by atoms with Gasteiger partial charge in [0.15, 0.2) is 5.13 Å². The molecule has 1 saturated heterocycles. The van der Waals surface area contributed by atoms with Crippen molar-refractivity contribution in [3.8, 4) is 0 Å². The van der Waals surface area contributed by atoms with Gasteiger partial charge in [-0.3, -0.25) is 9.69 Å². The van der Waals surface area contributed by atoms with Crippen LogP contribution < -0.4 is 11.1 Å². The van der Waals surface area contributed by atoms with Crippen molar-refractivity contribution < 1.29 is 4.79 Å². The fourth-order valence-electron chi connectivity index (χ4n) is 4.67. The number of likely N-dealkylation sites (tertiary alicyclic amines) is 1. The van der Waals surface area contributed by atoms with Crippen LogP contribution in [0.5, 0.6) is 0 Å². The van der Waals surface area contributed by atoms with E-state index in [0.29, 0.717) is 22.7 Å². The number of benzene rings is 1. The summed E-state index contributed by atoms with van der Waals surface area (Å²) in [5, 5.41) is 5.43. The van der Waals surface area contributed by atoms with Gasteiger partial charge in [0.05, 0.1) is 0 Å². The van der Waals surface area contributed by atoms with Crippen LogP contribution in [0.25, 0.3) is 0 Å². The topological polar surface area (TPSA) is 71.2 Å². The molecule has 1 saturated carbocycles. The van der Waals surface area contributed by atoms with Crippen LogP contribution in [0.1, 0.15) is 55.2 Å². The summed E-state index contributed by atoms with van der Waals surface area (Å²) >= 11 is 1.31. The Bertz CT molecular complexity index is 825. The van der Waals surface area contributed by atoms with Crippen molar-refractivity contribution in [2.75, 3.05) is 18.8 Å². The lowest BCUT2D eigenvalue weighted by atomic mass is 9.86. The molecule has 1 amide bonds. The van der Waals surface area contributed by atoms with Gasteiger partial charge in [0.25, 0.3) is 5.91 Å². The standard InChI is InChI=1S/C22H30N4OS/c1-22(2,3)17-8-4-14(5-9-17)10-26-11-15-6-7-16(12-26)19(15)25-20(27)18-13-28-21(23)24-18/h4-5,8-9,13,15-16,19H,6-7,10-12H2,1-3H3,(H2,23,24)(H,25,27). The summed E-state index contributed by atoms with van der Waals surface area (Å²) < 4.78 is 0. The average Bonchev–Trinajstić information content (AvgIpc) is 3.16. The predicted octanol–water partition coefficient (Wildman–Crippen LogP) is 3.66. The van der Waals surface area contributed by atoms with Crippen LogP contribution in [0.4, 0.5) is 5.13 Å². The van der Waals surface area contributed by atoms with Crippen molar-refractivity contribution in [1.82, 2.24) is 15.2 Å². The van der Waals surface area contributed by atoms with E-state index in [-0.39, 0.29) is 17.4 Å². The average molecular weight is 399 g/mol. The summed E-state index contributed by atoms with van der Waals surface area (Å²) in [5.41, 5.74) is 9.04. The molecule has 6 heteroatoms. The van der Waals surface area contributed by atoms with Gasteiger partial charge in [0, 0.05) is 31.1 Å². The molecule has 1 aromatic heterocycles. The Labute approximate surface area is 171 Å². The Morgan fingerprint density at radius 2 is 1.86 bits per heavy atom. The van der Waals surface area contributed by atoms with E-state index in [4.69, 9.17) is 5.73 Å². The number of hydrogen-bond acceptors (Lipinski definition) is 5. The van der Waals surface area contributed by atoms with Gasteiger partial charge in [0.1, 0.15) is 5.69 Å². The molecule has 2 aliphatic rings. The number of hydrogen-bond donors (Lipinski definition) is 2. The van der Waals surface area contributed by atoms with Gasteiger partial charge in [-0.25, -0.2) is 4.98 Å². The molecular weight excluding hydrogens is 368 g/mol. The smallest absolute Gasteiger partial charge is 0.271 e. The molecule has 4 rings (SSSR count). The van der Waals surface area contributed by atoms with Crippen LogP contribution in [-0.4, -0.2) is 34.9 Å². The zero-order chi connectivity index (χ0) is 19.9. The van der Waals surface area contributed by atoms with Crippen molar-refractivity contribution in [1.29, 1.82) is 0 Å². The van der Waals surface area contributed by atoms with Gasteiger partial charge < -0.3 is 11.1 Å². The second-order valence-corrected chi connectivity index (χ2v) is 10.2. The van der Waals surface area contributed by atoms with Crippen molar-refractivity contribution in [3.05, 3.63) is 46.5 Å².